The number of rotatable bonds is 7. The van der Waals surface area contributed by atoms with Crippen LogP contribution in [0.2, 0.25) is 0 Å². The van der Waals surface area contributed by atoms with Gasteiger partial charge in [-0.05, 0) is 24.8 Å². The van der Waals surface area contributed by atoms with E-state index in [0.717, 1.165) is 0 Å². The molecule has 1 aromatic carbocycles. The third-order valence-electron chi connectivity index (χ3n) is 5.70. The first-order valence-electron chi connectivity index (χ1n) is 10.8. The first-order chi connectivity index (χ1) is 15.2. The Morgan fingerprint density at radius 3 is 2.34 bits per heavy atom. The van der Waals surface area contributed by atoms with Crippen molar-refractivity contribution in [1.82, 2.24) is 15.5 Å². The first kappa shape index (κ1) is 24.4. The normalized spacial score (nSPS) is 25.1. The van der Waals surface area contributed by atoms with Crippen LogP contribution in [0.15, 0.2) is 30.3 Å². The minimum absolute atomic E-state index is 0.278. The number of aliphatic hydroxyl groups is 2. The van der Waals surface area contributed by atoms with Crippen molar-refractivity contribution in [3.8, 4) is 0 Å². The molecule has 1 saturated heterocycles. The van der Waals surface area contributed by atoms with Crippen LogP contribution in [0.25, 0.3) is 0 Å². The number of ether oxygens (including phenoxy) is 1. The smallest absolute Gasteiger partial charge is 0.318 e. The van der Waals surface area contributed by atoms with Crippen molar-refractivity contribution < 1.29 is 33.0 Å². The summed E-state index contributed by atoms with van der Waals surface area (Å²) in [6.45, 7) is 1.38. The molecule has 10 nitrogen and oxygen atoms in total. The van der Waals surface area contributed by atoms with Crippen molar-refractivity contribution in [2.45, 2.75) is 49.3 Å². The molecule has 0 bridgehead atoms. The first-order valence-corrected chi connectivity index (χ1v) is 12.6. The van der Waals surface area contributed by atoms with Crippen LogP contribution < -0.4 is 10.6 Å². The highest BCUT2D eigenvalue weighted by molar-refractivity contribution is 7.90. The van der Waals surface area contributed by atoms with E-state index in [1.54, 1.807) is 30.3 Å². The van der Waals surface area contributed by atoms with E-state index in [4.69, 9.17) is 4.74 Å². The largest absolute Gasteiger partial charge is 0.391 e. The minimum atomic E-state index is -3.77. The van der Waals surface area contributed by atoms with E-state index in [2.05, 4.69) is 10.6 Å². The Bertz CT molecular complexity index is 865. The zero-order valence-corrected chi connectivity index (χ0v) is 18.7. The summed E-state index contributed by atoms with van der Waals surface area (Å²) in [6, 6.07) is 5.71. The van der Waals surface area contributed by atoms with Gasteiger partial charge in [-0.25, -0.2) is 13.2 Å². The summed E-state index contributed by atoms with van der Waals surface area (Å²) in [7, 11) is -3.77. The number of urea groups is 1. The van der Waals surface area contributed by atoms with Crippen LogP contribution in [0.3, 0.4) is 0 Å². The van der Waals surface area contributed by atoms with Crippen molar-refractivity contribution in [2.24, 2.45) is 0 Å². The SMILES string of the molecule is O=C(NC1C(O)CCC[C@H]1O)C(CS(=O)(=O)Cc1ccccc1)NC(=O)N1CCOCC1. The maximum absolute atomic E-state index is 13.0. The highest BCUT2D eigenvalue weighted by atomic mass is 32.2. The number of hydrogen-bond acceptors (Lipinski definition) is 7. The third kappa shape index (κ3) is 6.89. The zero-order chi connectivity index (χ0) is 23.1. The second kappa shape index (κ2) is 11.1. The zero-order valence-electron chi connectivity index (χ0n) is 17.9. The Morgan fingerprint density at radius 2 is 1.72 bits per heavy atom. The fraction of sp³-hybridized carbons (Fsp3) is 0.619. The summed E-state index contributed by atoms with van der Waals surface area (Å²) in [5.74, 6) is -1.64. The Morgan fingerprint density at radius 1 is 1.09 bits per heavy atom. The number of benzene rings is 1. The molecule has 0 radical (unpaired) electrons. The van der Waals surface area contributed by atoms with Crippen molar-refractivity contribution >= 4 is 21.8 Å². The van der Waals surface area contributed by atoms with E-state index in [1.807, 2.05) is 0 Å². The van der Waals surface area contributed by atoms with Gasteiger partial charge in [-0.3, -0.25) is 4.79 Å². The minimum Gasteiger partial charge on any atom is -0.391 e. The van der Waals surface area contributed by atoms with Gasteiger partial charge in [-0.2, -0.15) is 0 Å². The van der Waals surface area contributed by atoms with Crippen LogP contribution in [-0.4, -0.2) is 91.8 Å². The van der Waals surface area contributed by atoms with Crippen molar-refractivity contribution in [2.75, 3.05) is 32.1 Å². The van der Waals surface area contributed by atoms with Gasteiger partial charge in [0.2, 0.25) is 5.91 Å². The van der Waals surface area contributed by atoms with E-state index in [-0.39, 0.29) is 5.75 Å². The number of carbonyl (C=O) groups excluding carboxylic acids is 2. The Balaban J connectivity index is 1.73. The lowest BCUT2D eigenvalue weighted by molar-refractivity contribution is -0.126. The quantitative estimate of drug-likeness (QED) is 0.417. The monoisotopic (exact) mass is 469 g/mol. The van der Waals surface area contributed by atoms with E-state index in [1.165, 1.54) is 4.90 Å². The molecule has 32 heavy (non-hydrogen) atoms. The topological polar surface area (TPSA) is 145 Å². The van der Waals surface area contributed by atoms with E-state index < -0.39 is 51.8 Å². The van der Waals surface area contributed by atoms with Gasteiger partial charge in [0, 0.05) is 13.1 Å². The molecular weight excluding hydrogens is 438 g/mol. The van der Waals surface area contributed by atoms with Crippen molar-refractivity contribution in [1.29, 1.82) is 0 Å². The lowest BCUT2D eigenvalue weighted by Crippen LogP contribution is -2.60. The van der Waals surface area contributed by atoms with Gasteiger partial charge in [0.15, 0.2) is 9.84 Å². The lowest BCUT2D eigenvalue weighted by Gasteiger charge is -2.34. The summed E-state index contributed by atoms with van der Waals surface area (Å²) < 4.78 is 30.9. The Hall–Kier alpha value is -2.21. The molecule has 1 aliphatic carbocycles. The van der Waals surface area contributed by atoms with Crippen LogP contribution in [0.4, 0.5) is 4.79 Å². The number of hydrogen-bond donors (Lipinski definition) is 4. The second-order valence-corrected chi connectivity index (χ2v) is 10.4. The number of nitrogens with one attached hydrogen (secondary N) is 2. The van der Waals surface area contributed by atoms with Crippen molar-refractivity contribution in [3.63, 3.8) is 0 Å². The van der Waals surface area contributed by atoms with Gasteiger partial charge in [0.05, 0.1) is 43.0 Å². The maximum atomic E-state index is 13.0. The Labute approximate surface area is 187 Å². The molecule has 1 aromatic rings. The highest BCUT2D eigenvalue weighted by Crippen LogP contribution is 2.19. The molecule has 4 N–H and O–H groups in total. The predicted octanol–water partition coefficient (Wildman–Crippen LogP) is -0.598. The van der Waals surface area contributed by atoms with Crippen LogP contribution in [0, 0.1) is 0 Å². The highest BCUT2D eigenvalue weighted by Gasteiger charge is 2.36. The van der Waals surface area contributed by atoms with Gasteiger partial charge in [0.25, 0.3) is 0 Å². The van der Waals surface area contributed by atoms with Gasteiger partial charge < -0.3 is 30.5 Å². The molecule has 178 valence electrons. The fourth-order valence-corrected chi connectivity index (χ4v) is 5.50. The molecule has 2 fully saturated rings. The number of nitrogens with zero attached hydrogens (tertiary/aromatic N) is 1. The molecule has 4 atom stereocenters. The molecule has 3 amide bonds. The molecule has 2 aliphatic rings. The maximum Gasteiger partial charge on any atom is 0.318 e. The molecule has 1 aliphatic heterocycles. The van der Waals surface area contributed by atoms with Crippen LogP contribution in [-0.2, 0) is 25.1 Å². The molecular formula is C21H31N3O7S. The van der Waals surface area contributed by atoms with Crippen LogP contribution >= 0.6 is 0 Å². The molecule has 0 aromatic heterocycles. The van der Waals surface area contributed by atoms with Crippen molar-refractivity contribution in [3.05, 3.63) is 35.9 Å². The van der Waals surface area contributed by atoms with Gasteiger partial charge in [0.1, 0.15) is 6.04 Å². The summed E-state index contributed by atoms with van der Waals surface area (Å²) in [5.41, 5.74) is 0.573. The molecule has 3 unspecified atom stereocenters. The summed E-state index contributed by atoms with van der Waals surface area (Å²) in [4.78, 5) is 27.1. The van der Waals surface area contributed by atoms with Gasteiger partial charge in [-0.15, -0.1) is 0 Å². The number of aliphatic hydroxyl groups excluding tert-OH is 2. The average Bonchev–Trinajstić information content (AvgIpc) is 2.76. The molecule has 1 saturated carbocycles. The number of morpholine rings is 1. The van der Waals surface area contributed by atoms with Crippen LogP contribution in [0.1, 0.15) is 24.8 Å². The average molecular weight is 470 g/mol. The molecule has 3 rings (SSSR count). The van der Waals surface area contributed by atoms with E-state index in [0.29, 0.717) is 51.1 Å². The van der Waals surface area contributed by atoms with E-state index in [9.17, 15) is 28.2 Å². The number of amides is 3. The van der Waals surface area contributed by atoms with Gasteiger partial charge >= 0.3 is 6.03 Å². The summed E-state index contributed by atoms with van der Waals surface area (Å²) in [6.07, 6.45) is -0.436. The number of sulfone groups is 1. The Kier molecular flexibility index (Phi) is 8.46. The molecule has 1 heterocycles. The van der Waals surface area contributed by atoms with Crippen LogP contribution in [0.5, 0.6) is 0 Å². The summed E-state index contributed by atoms with van der Waals surface area (Å²) in [5, 5.41) is 25.4. The lowest BCUT2D eigenvalue weighted by atomic mass is 9.90. The second-order valence-electron chi connectivity index (χ2n) is 8.24. The molecule has 0 spiro atoms. The van der Waals surface area contributed by atoms with E-state index >= 15 is 0 Å². The fourth-order valence-electron chi connectivity index (χ4n) is 3.94. The standard InChI is InChI=1S/C21H31N3O7S/c25-17-7-4-8-18(26)19(17)23-20(27)16(22-21(28)24-9-11-31-12-10-24)14-32(29,30)13-15-5-2-1-3-6-15/h1-3,5-6,16-19,25-26H,4,7-14H2,(H,22,28)(H,23,27)/t16?,17-,18?,19?/m1/s1. The molecule has 11 heteroatoms. The summed E-state index contributed by atoms with van der Waals surface area (Å²) >= 11 is 0. The predicted molar refractivity (Wildman–Crippen MR) is 116 cm³/mol. The number of carbonyl (C=O) groups is 2. The van der Waals surface area contributed by atoms with Gasteiger partial charge in [-0.1, -0.05) is 30.3 Å². The third-order valence-corrected chi connectivity index (χ3v) is 7.31.